The maximum absolute atomic E-state index is 13.5. The highest BCUT2D eigenvalue weighted by Crippen LogP contribution is 2.34. The van der Waals surface area contributed by atoms with Gasteiger partial charge in [0, 0.05) is 43.7 Å². The highest BCUT2D eigenvalue weighted by atomic mass is 16.5. The van der Waals surface area contributed by atoms with Gasteiger partial charge in [0.1, 0.15) is 6.61 Å². The molecule has 2 N–H and O–H groups in total. The van der Waals surface area contributed by atoms with E-state index >= 15 is 0 Å². The van der Waals surface area contributed by atoms with Gasteiger partial charge in [-0.05, 0) is 48.6 Å². The number of imidazole rings is 1. The number of ether oxygens (including phenoxy) is 1. The van der Waals surface area contributed by atoms with Crippen LogP contribution in [0.3, 0.4) is 0 Å². The zero-order chi connectivity index (χ0) is 25.8. The molecule has 0 aliphatic carbocycles. The average Bonchev–Trinajstić information content (AvgIpc) is 3.36. The molecule has 3 heterocycles. The highest BCUT2D eigenvalue weighted by molar-refractivity contribution is 5.80. The number of likely N-dealkylation sites (tertiary alicyclic amines) is 1. The molecule has 7 heteroatoms. The Balaban J connectivity index is 1.43. The first kappa shape index (κ1) is 24.6. The second-order valence-electron chi connectivity index (χ2n) is 9.69. The summed E-state index contributed by atoms with van der Waals surface area (Å²) in [5.74, 6) is 0.163. The molecule has 7 nitrogen and oxygen atoms in total. The molecule has 0 spiro atoms. The summed E-state index contributed by atoms with van der Waals surface area (Å²) in [6, 6.07) is 22.1. The molecule has 5 rings (SSSR count). The molecule has 4 aromatic rings. The number of hydrogen-bond donors (Lipinski definition) is 1. The minimum absolute atomic E-state index is 0.0719. The molecule has 37 heavy (non-hydrogen) atoms. The van der Waals surface area contributed by atoms with Crippen LogP contribution in [0, 0.1) is 12.8 Å². The summed E-state index contributed by atoms with van der Waals surface area (Å²) in [5.41, 5.74) is 10.5. The number of pyridine rings is 1. The van der Waals surface area contributed by atoms with Crippen LogP contribution >= 0.6 is 0 Å². The summed E-state index contributed by atoms with van der Waals surface area (Å²) in [7, 11) is 0. The van der Waals surface area contributed by atoms with Gasteiger partial charge in [-0.25, -0.2) is 4.98 Å². The van der Waals surface area contributed by atoms with E-state index in [-0.39, 0.29) is 23.7 Å². The summed E-state index contributed by atoms with van der Waals surface area (Å²) in [6.45, 7) is 3.63. The van der Waals surface area contributed by atoms with Crippen molar-refractivity contribution in [2.75, 3.05) is 13.1 Å². The SMILES string of the molecule is Cc1ccccc1C(CC(=O)N1CCC(C(N)=O)CC1)c1cnc2c(OCc3ccccc3)cccn12. The molecule has 0 radical (unpaired) electrons. The van der Waals surface area contributed by atoms with Gasteiger partial charge in [0.25, 0.3) is 0 Å². The number of hydrogen-bond acceptors (Lipinski definition) is 4. The quantitative estimate of drug-likeness (QED) is 0.390. The monoisotopic (exact) mass is 496 g/mol. The lowest BCUT2D eigenvalue weighted by Crippen LogP contribution is -2.42. The Morgan fingerprint density at radius 2 is 1.76 bits per heavy atom. The van der Waals surface area contributed by atoms with Gasteiger partial charge < -0.3 is 19.8 Å². The number of amides is 2. The van der Waals surface area contributed by atoms with Crippen molar-refractivity contribution < 1.29 is 14.3 Å². The van der Waals surface area contributed by atoms with Crippen LogP contribution in [0.25, 0.3) is 5.65 Å². The van der Waals surface area contributed by atoms with E-state index in [1.807, 2.05) is 76.3 Å². The summed E-state index contributed by atoms with van der Waals surface area (Å²) >= 11 is 0. The van der Waals surface area contributed by atoms with Gasteiger partial charge in [-0.2, -0.15) is 0 Å². The molecule has 0 bridgehead atoms. The molecule has 1 unspecified atom stereocenters. The molecule has 1 aliphatic rings. The predicted molar refractivity (Wildman–Crippen MR) is 142 cm³/mol. The van der Waals surface area contributed by atoms with Gasteiger partial charge in [-0.1, -0.05) is 54.6 Å². The topological polar surface area (TPSA) is 89.9 Å². The first-order chi connectivity index (χ1) is 18.0. The normalized spacial score (nSPS) is 15.0. The van der Waals surface area contributed by atoms with E-state index in [9.17, 15) is 9.59 Å². The zero-order valence-electron chi connectivity index (χ0n) is 21.0. The zero-order valence-corrected chi connectivity index (χ0v) is 21.0. The van der Waals surface area contributed by atoms with E-state index in [4.69, 9.17) is 15.5 Å². The number of nitrogens with two attached hydrogens (primary N) is 1. The smallest absolute Gasteiger partial charge is 0.223 e. The molecule has 1 saturated heterocycles. The molecule has 1 atom stereocenters. The first-order valence-electron chi connectivity index (χ1n) is 12.8. The number of piperidine rings is 1. The molecular formula is C30H32N4O3. The number of benzene rings is 2. The third kappa shape index (κ3) is 5.35. The summed E-state index contributed by atoms with van der Waals surface area (Å²) in [5, 5.41) is 0. The van der Waals surface area contributed by atoms with E-state index in [0.717, 1.165) is 28.0 Å². The molecule has 2 aromatic carbocycles. The molecule has 1 fully saturated rings. The number of carbonyl (C=O) groups is 2. The van der Waals surface area contributed by atoms with Crippen LogP contribution in [0.2, 0.25) is 0 Å². The maximum atomic E-state index is 13.5. The molecular weight excluding hydrogens is 464 g/mol. The number of fused-ring (bicyclic) bond motifs is 1. The predicted octanol–water partition coefficient (Wildman–Crippen LogP) is 4.47. The van der Waals surface area contributed by atoms with Crippen molar-refractivity contribution in [1.82, 2.24) is 14.3 Å². The Morgan fingerprint density at radius 1 is 1.03 bits per heavy atom. The van der Waals surface area contributed by atoms with Crippen LogP contribution in [0.15, 0.2) is 79.1 Å². The van der Waals surface area contributed by atoms with Gasteiger partial charge in [-0.15, -0.1) is 0 Å². The van der Waals surface area contributed by atoms with E-state index in [1.165, 1.54) is 0 Å². The van der Waals surface area contributed by atoms with Crippen LogP contribution in [-0.4, -0.2) is 39.2 Å². The fourth-order valence-electron chi connectivity index (χ4n) is 5.18. The van der Waals surface area contributed by atoms with Gasteiger partial charge in [0.05, 0.1) is 5.69 Å². The van der Waals surface area contributed by atoms with Crippen LogP contribution in [0.5, 0.6) is 5.75 Å². The third-order valence-corrected chi connectivity index (χ3v) is 7.32. The number of aryl methyl sites for hydroxylation is 1. The lowest BCUT2D eigenvalue weighted by molar-refractivity contribution is -0.135. The van der Waals surface area contributed by atoms with Crippen LogP contribution in [0.1, 0.15) is 47.6 Å². The van der Waals surface area contributed by atoms with E-state index in [0.29, 0.717) is 44.7 Å². The lowest BCUT2D eigenvalue weighted by Gasteiger charge is -2.32. The second-order valence-corrected chi connectivity index (χ2v) is 9.69. The highest BCUT2D eigenvalue weighted by Gasteiger charge is 2.30. The van der Waals surface area contributed by atoms with Crippen LogP contribution in [0.4, 0.5) is 0 Å². The fraction of sp³-hybridized carbons (Fsp3) is 0.300. The number of nitrogens with zero attached hydrogens (tertiary/aromatic N) is 3. The second kappa shape index (κ2) is 10.9. The molecule has 2 aromatic heterocycles. The van der Waals surface area contributed by atoms with Gasteiger partial charge in [0.15, 0.2) is 11.4 Å². The number of carbonyl (C=O) groups excluding carboxylic acids is 2. The summed E-state index contributed by atoms with van der Waals surface area (Å²) in [4.78, 5) is 31.6. The fourth-order valence-corrected chi connectivity index (χ4v) is 5.18. The number of rotatable bonds is 8. The van der Waals surface area contributed by atoms with Crippen molar-refractivity contribution in [3.05, 3.63) is 102 Å². The van der Waals surface area contributed by atoms with Crippen LogP contribution < -0.4 is 10.5 Å². The van der Waals surface area contributed by atoms with Crippen molar-refractivity contribution in [1.29, 1.82) is 0 Å². The number of aromatic nitrogens is 2. The van der Waals surface area contributed by atoms with Crippen molar-refractivity contribution in [3.63, 3.8) is 0 Å². The lowest BCUT2D eigenvalue weighted by atomic mass is 9.88. The van der Waals surface area contributed by atoms with Crippen molar-refractivity contribution in [2.24, 2.45) is 11.7 Å². The molecule has 190 valence electrons. The van der Waals surface area contributed by atoms with E-state index < -0.39 is 0 Å². The third-order valence-electron chi connectivity index (χ3n) is 7.32. The first-order valence-corrected chi connectivity index (χ1v) is 12.8. The largest absolute Gasteiger partial charge is 0.485 e. The Labute approximate surface area is 216 Å². The van der Waals surface area contributed by atoms with Crippen LogP contribution in [-0.2, 0) is 16.2 Å². The molecule has 1 aliphatic heterocycles. The van der Waals surface area contributed by atoms with E-state index in [1.54, 1.807) is 0 Å². The van der Waals surface area contributed by atoms with Crippen molar-refractivity contribution >= 4 is 17.5 Å². The Kier molecular flexibility index (Phi) is 7.21. The Hall–Kier alpha value is -4.13. The minimum atomic E-state index is -0.277. The molecule has 2 amide bonds. The van der Waals surface area contributed by atoms with E-state index in [2.05, 4.69) is 19.1 Å². The van der Waals surface area contributed by atoms with Crippen molar-refractivity contribution in [2.45, 2.75) is 38.7 Å². The Bertz CT molecular complexity index is 1390. The summed E-state index contributed by atoms with van der Waals surface area (Å²) < 4.78 is 8.17. The van der Waals surface area contributed by atoms with Gasteiger partial charge in [0.2, 0.25) is 11.8 Å². The minimum Gasteiger partial charge on any atom is -0.485 e. The maximum Gasteiger partial charge on any atom is 0.223 e. The average molecular weight is 497 g/mol. The van der Waals surface area contributed by atoms with Gasteiger partial charge in [-0.3, -0.25) is 9.59 Å². The van der Waals surface area contributed by atoms with Gasteiger partial charge >= 0.3 is 0 Å². The Morgan fingerprint density at radius 3 is 2.49 bits per heavy atom. The summed E-state index contributed by atoms with van der Waals surface area (Å²) in [6.07, 6.45) is 5.38. The number of primary amides is 1. The van der Waals surface area contributed by atoms with Crippen molar-refractivity contribution in [3.8, 4) is 5.75 Å². The molecule has 0 saturated carbocycles. The standard InChI is InChI=1S/C30H32N4O3/c1-21-8-5-6-11-24(21)25(18-28(35)33-16-13-23(14-17-33)29(31)36)26-19-32-30-27(12-7-15-34(26)30)37-20-22-9-3-2-4-10-22/h2-12,15,19,23,25H,13-14,16-18,20H2,1H3,(H2,31,36).